The molecule has 7 nitrogen and oxygen atoms in total. The number of piperidine rings is 1. The number of carbonyl (C=O) groups is 2. The lowest BCUT2D eigenvalue weighted by Gasteiger charge is -2.32. The quantitative estimate of drug-likeness (QED) is 0.681. The number of rotatable bonds is 5. The van der Waals surface area contributed by atoms with E-state index in [9.17, 15) is 18.0 Å². The molecule has 132 valence electrons. The van der Waals surface area contributed by atoms with Crippen LogP contribution in [0.15, 0.2) is 0 Å². The number of nitrogens with zero attached hydrogens (tertiary/aromatic N) is 2. The van der Waals surface area contributed by atoms with Gasteiger partial charge in [0.1, 0.15) is 0 Å². The van der Waals surface area contributed by atoms with Gasteiger partial charge >= 0.3 is 5.97 Å². The molecule has 8 heteroatoms. The number of carbonyl (C=O) groups excluding carboxylic acids is 2. The minimum atomic E-state index is -3.19. The Morgan fingerprint density at radius 1 is 1.17 bits per heavy atom. The fourth-order valence-electron chi connectivity index (χ4n) is 3.13. The van der Waals surface area contributed by atoms with Gasteiger partial charge in [0.05, 0.1) is 18.3 Å². The molecule has 0 aromatic carbocycles. The van der Waals surface area contributed by atoms with Gasteiger partial charge in [-0.25, -0.2) is 12.7 Å². The van der Waals surface area contributed by atoms with Crippen LogP contribution in [0, 0.1) is 5.92 Å². The first-order valence-corrected chi connectivity index (χ1v) is 9.97. The van der Waals surface area contributed by atoms with Crippen LogP contribution in [0.4, 0.5) is 0 Å². The minimum Gasteiger partial charge on any atom is -0.466 e. The van der Waals surface area contributed by atoms with Crippen molar-refractivity contribution in [3.8, 4) is 0 Å². The maximum Gasteiger partial charge on any atom is 0.310 e. The molecule has 2 aliphatic heterocycles. The molecule has 0 aliphatic carbocycles. The summed E-state index contributed by atoms with van der Waals surface area (Å²) in [6.07, 6.45) is 3.23. The second-order valence-electron chi connectivity index (χ2n) is 6.10. The predicted molar refractivity (Wildman–Crippen MR) is 85.1 cm³/mol. The van der Waals surface area contributed by atoms with E-state index in [4.69, 9.17) is 4.74 Å². The number of hydrogen-bond donors (Lipinski definition) is 0. The molecule has 0 saturated carbocycles. The second-order valence-corrected chi connectivity index (χ2v) is 8.19. The first-order chi connectivity index (χ1) is 10.9. The Bertz CT molecular complexity index is 534. The molecule has 0 bridgehead atoms. The smallest absolute Gasteiger partial charge is 0.310 e. The van der Waals surface area contributed by atoms with Crippen molar-refractivity contribution in [3.63, 3.8) is 0 Å². The SMILES string of the molecule is CCOC(=O)C1CCCN(C(=O)CCN2CCCCS2(=O)=O)C1. The fourth-order valence-corrected chi connectivity index (χ4v) is 4.73. The van der Waals surface area contributed by atoms with Crippen LogP contribution in [0.2, 0.25) is 0 Å². The van der Waals surface area contributed by atoms with Crippen LogP contribution in [0.3, 0.4) is 0 Å². The highest BCUT2D eigenvalue weighted by molar-refractivity contribution is 7.89. The van der Waals surface area contributed by atoms with Gasteiger partial charge < -0.3 is 9.64 Å². The Morgan fingerprint density at radius 3 is 2.65 bits per heavy atom. The van der Waals surface area contributed by atoms with Gasteiger partial charge in [0.2, 0.25) is 15.9 Å². The molecule has 1 atom stereocenters. The molecule has 23 heavy (non-hydrogen) atoms. The summed E-state index contributed by atoms with van der Waals surface area (Å²) in [6.45, 7) is 3.85. The van der Waals surface area contributed by atoms with Crippen molar-refractivity contribution in [3.05, 3.63) is 0 Å². The van der Waals surface area contributed by atoms with E-state index in [1.807, 2.05) is 0 Å². The van der Waals surface area contributed by atoms with Crippen LogP contribution in [0.25, 0.3) is 0 Å². The van der Waals surface area contributed by atoms with Crippen molar-refractivity contribution < 1.29 is 22.7 Å². The van der Waals surface area contributed by atoms with Gasteiger partial charge in [-0.2, -0.15) is 0 Å². The number of esters is 1. The molecule has 0 spiro atoms. The Kier molecular flexibility index (Phi) is 6.41. The van der Waals surface area contributed by atoms with Crippen LogP contribution in [-0.4, -0.2) is 68.0 Å². The van der Waals surface area contributed by atoms with Crippen molar-refractivity contribution in [1.82, 2.24) is 9.21 Å². The highest BCUT2D eigenvalue weighted by Crippen LogP contribution is 2.19. The molecular formula is C15H26N2O5S. The van der Waals surface area contributed by atoms with Crippen LogP contribution in [0.5, 0.6) is 0 Å². The first-order valence-electron chi connectivity index (χ1n) is 8.36. The lowest BCUT2D eigenvalue weighted by Crippen LogP contribution is -2.45. The summed E-state index contributed by atoms with van der Waals surface area (Å²) >= 11 is 0. The van der Waals surface area contributed by atoms with E-state index in [1.54, 1.807) is 11.8 Å². The van der Waals surface area contributed by atoms with Gasteiger partial charge in [-0.05, 0) is 32.6 Å². The first kappa shape index (κ1) is 18.2. The number of sulfonamides is 1. The summed E-state index contributed by atoms with van der Waals surface area (Å²) < 4.78 is 30.3. The number of likely N-dealkylation sites (tertiary alicyclic amines) is 1. The van der Waals surface area contributed by atoms with E-state index in [2.05, 4.69) is 0 Å². The third-order valence-electron chi connectivity index (χ3n) is 4.42. The third kappa shape index (κ3) is 4.91. The van der Waals surface area contributed by atoms with Crippen LogP contribution in [-0.2, 0) is 24.3 Å². The molecule has 0 radical (unpaired) electrons. The van der Waals surface area contributed by atoms with Crippen molar-refractivity contribution in [2.45, 2.75) is 39.0 Å². The average Bonchev–Trinajstić information content (AvgIpc) is 2.53. The van der Waals surface area contributed by atoms with E-state index < -0.39 is 10.0 Å². The van der Waals surface area contributed by atoms with Crippen LogP contribution >= 0.6 is 0 Å². The lowest BCUT2D eigenvalue weighted by molar-refractivity contribution is -0.151. The summed E-state index contributed by atoms with van der Waals surface area (Å²) in [5.74, 6) is -0.412. The Labute approximate surface area is 138 Å². The maximum atomic E-state index is 12.3. The van der Waals surface area contributed by atoms with E-state index in [0.29, 0.717) is 32.7 Å². The minimum absolute atomic E-state index is 0.0835. The number of hydrogen-bond acceptors (Lipinski definition) is 5. The summed E-state index contributed by atoms with van der Waals surface area (Å²) in [6, 6.07) is 0. The van der Waals surface area contributed by atoms with Gasteiger partial charge in [0.15, 0.2) is 0 Å². The standard InChI is InChI=1S/C15H26N2O5S/c1-2-22-15(19)13-6-5-8-16(12-13)14(18)7-10-17-9-3-4-11-23(17,20)21/h13H,2-12H2,1H3. The maximum absolute atomic E-state index is 12.3. The number of amides is 1. The Morgan fingerprint density at radius 2 is 1.96 bits per heavy atom. The molecule has 1 amide bonds. The molecule has 0 aromatic rings. The van der Waals surface area contributed by atoms with Crippen molar-refractivity contribution in [1.29, 1.82) is 0 Å². The molecule has 2 fully saturated rings. The summed E-state index contributed by atoms with van der Waals surface area (Å²) in [5.41, 5.74) is 0. The zero-order chi connectivity index (χ0) is 16.9. The van der Waals surface area contributed by atoms with Crippen molar-refractivity contribution >= 4 is 21.9 Å². The van der Waals surface area contributed by atoms with E-state index in [1.165, 1.54) is 4.31 Å². The fraction of sp³-hybridized carbons (Fsp3) is 0.867. The topological polar surface area (TPSA) is 84.0 Å². The van der Waals surface area contributed by atoms with Gasteiger partial charge in [-0.1, -0.05) is 0 Å². The molecule has 0 N–H and O–H groups in total. The Hall–Kier alpha value is -1.15. The van der Waals surface area contributed by atoms with Crippen molar-refractivity contribution in [2.24, 2.45) is 5.92 Å². The van der Waals surface area contributed by atoms with Crippen molar-refractivity contribution in [2.75, 3.05) is 38.5 Å². The zero-order valence-electron chi connectivity index (χ0n) is 13.7. The molecule has 2 heterocycles. The summed E-state index contributed by atoms with van der Waals surface area (Å²) in [4.78, 5) is 25.8. The zero-order valence-corrected chi connectivity index (χ0v) is 14.5. The molecule has 0 aromatic heterocycles. The molecule has 2 rings (SSSR count). The van der Waals surface area contributed by atoms with Crippen LogP contribution in [0.1, 0.15) is 39.0 Å². The monoisotopic (exact) mass is 346 g/mol. The summed E-state index contributed by atoms with van der Waals surface area (Å²) in [5, 5.41) is 0. The number of ether oxygens (including phenoxy) is 1. The summed E-state index contributed by atoms with van der Waals surface area (Å²) in [7, 11) is -3.19. The largest absolute Gasteiger partial charge is 0.466 e. The van der Waals surface area contributed by atoms with Gasteiger partial charge in [0, 0.05) is 32.6 Å². The van der Waals surface area contributed by atoms with E-state index >= 15 is 0 Å². The molecule has 2 saturated heterocycles. The highest BCUT2D eigenvalue weighted by Gasteiger charge is 2.31. The van der Waals surface area contributed by atoms with E-state index in [0.717, 1.165) is 19.3 Å². The third-order valence-corrected chi connectivity index (χ3v) is 6.38. The highest BCUT2D eigenvalue weighted by atomic mass is 32.2. The molecule has 2 aliphatic rings. The van der Waals surface area contributed by atoms with Gasteiger partial charge in [0.25, 0.3) is 0 Å². The average molecular weight is 346 g/mol. The Balaban J connectivity index is 1.84. The van der Waals surface area contributed by atoms with E-state index in [-0.39, 0.29) is 36.5 Å². The van der Waals surface area contributed by atoms with Gasteiger partial charge in [-0.15, -0.1) is 0 Å². The van der Waals surface area contributed by atoms with Crippen LogP contribution < -0.4 is 0 Å². The molecule has 1 unspecified atom stereocenters. The molecular weight excluding hydrogens is 320 g/mol. The normalized spacial score (nSPS) is 25.1. The lowest BCUT2D eigenvalue weighted by atomic mass is 9.98. The predicted octanol–water partition coefficient (Wildman–Crippen LogP) is 0.604. The second kappa shape index (κ2) is 8.10. The van der Waals surface area contributed by atoms with Gasteiger partial charge in [-0.3, -0.25) is 9.59 Å².